The van der Waals surface area contributed by atoms with Crippen LogP contribution in [0.4, 0.5) is 0 Å². The lowest BCUT2D eigenvalue weighted by Gasteiger charge is -2.30. The molecule has 1 atom stereocenters. The first-order valence-electron chi connectivity index (χ1n) is 8.58. The van der Waals surface area contributed by atoms with Crippen LogP contribution in [0, 0.1) is 5.92 Å². The number of carbonyl (C=O) groups excluding carboxylic acids is 1. The Kier molecular flexibility index (Phi) is 5.53. The van der Waals surface area contributed by atoms with Crippen molar-refractivity contribution in [2.45, 2.75) is 32.9 Å². The molecule has 0 spiro atoms. The Bertz CT molecular complexity index is 716. The van der Waals surface area contributed by atoms with Gasteiger partial charge in [-0.15, -0.1) is 5.10 Å². The zero-order chi connectivity index (χ0) is 17.6. The van der Waals surface area contributed by atoms with Gasteiger partial charge in [0, 0.05) is 13.1 Å². The molecule has 0 aliphatic carbocycles. The molecule has 1 amide bonds. The van der Waals surface area contributed by atoms with Crippen LogP contribution in [0.3, 0.4) is 0 Å². The lowest BCUT2D eigenvalue weighted by molar-refractivity contribution is -0.133. The number of hydrogen-bond acceptors (Lipinski definition) is 5. The fourth-order valence-corrected chi connectivity index (χ4v) is 3.03. The molecule has 1 aliphatic rings. The number of nitrogens with zero attached hydrogens (tertiary/aromatic N) is 4. The third-order valence-electron chi connectivity index (χ3n) is 4.34. The van der Waals surface area contributed by atoms with Crippen molar-refractivity contribution in [1.29, 1.82) is 0 Å². The maximum Gasteiger partial charge on any atom is 0.244 e. The Morgan fingerprint density at radius 3 is 2.88 bits per heavy atom. The van der Waals surface area contributed by atoms with E-state index in [1.54, 1.807) is 18.0 Å². The summed E-state index contributed by atoms with van der Waals surface area (Å²) in [5.41, 5.74) is 0.672. The minimum atomic E-state index is 0.0913. The van der Waals surface area contributed by atoms with Gasteiger partial charge in [-0.2, -0.15) is 0 Å². The minimum Gasteiger partial charge on any atom is -0.493 e. The molecule has 0 bridgehead atoms. The Morgan fingerprint density at radius 1 is 1.32 bits per heavy atom. The molecule has 1 aromatic heterocycles. The second-order valence-electron chi connectivity index (χ2n) is 6.43. The van der Waals surface area contributed by atoms with E-state index in [1.165, 1.54) is 6.42 Å². The Labute approximate surface area is 147 Å². The van der Waals surface area contributed by atoms with E-state index in [0.29, 0.717) is 23.1 Å². The van der Waals surface area contributed by atoms with Gasteiger partial charge in [-0.25, -0.2) is 4.68 Å². The number of hydrogen-bond donors (Lipinski definition) is 0. The normalized spacial score (nSPS) is 17.4. The molecule has 2 aromatic rings. The van der Waals surface area contributed by atoms with Gasteiger partial charge < -0.3 is 14.4 Å². The third-order valence-corrected chi connectivity index (χ3v) is 4.34. The van der Waals surface area contributed by atoms with Gasteiger partial charge >= 0.3 is 0 Å². The highest BCUT2D eigenvalue weighted by Crippen LogP contribution is 2.26. The molecule has 0 radical (unpaired) electrons. The van der Waals surface area contributed by atoms with Crippen molar-refractivity contribution in [3.05, 3.63) is 36.2 Å². The fourth-order valence-electron chi connectivity index (χ4n) is 3.03. The first kappa shape index (κ1) is 17.3. The van der Waals surface area contributed by atoms with Gasteiger partial charge in [-0.3, -0.25) is 4.79 Å². The van der Waals surface area contributed by atoms with Gasteiger partial charge in [-0.05, 0) is 30.9 Å². The third kappa shape index (κ3) is 4.49. The highest BCUT2D eigenvalue weighted by Gasteiger charge is 2.21. The summed E-state index contributed by atoms with van der Waals surface area (Å²) in [4.78, 5) is 14.3. The molecule has 7 nitrogen and oxygen atoms in total. The highest BCUT2D eigenvalue weighted by molar-refractivity contribution is 5.76. The molecule has 1 saturated heterocycles. The van der Waals surface area contributed by atoms with Crippen LogP contribution in [0.5, 0.6) is 11.5 Å². The molecule has 0 N–H and O–H groups in total. The molecule has 2 heterocycles. The average Bonchev–Trinajstić information content (AvgIpc) is 3.07. The number of aromatic nitrogens is 3. The van der Waals surface area contributed by atoms with Gasteiger partial charge in [0.25, 0.3) is 0 Å². The molecule has 134 valence electrons. The SMILES string of the molecule is COc1ccccc1OCc1cn(CC(=O)N2CCCC(C)C2)nn1. The van der Waals surface area contributed by atoms with Crippen LogP contribution in [0.2, 0.25) is 0 Å². The summed E-state index contributed by atoms with van der Waals surface area (Å²) in [5, 5.41) is 8.11. The lowest BCUT2D eigenvalue weighted by Crippen LogP contribution is -2.40. The second-order valence-corrected chi connectivity index (χ2v) is 6.43. The molecule has 1 unspecified atom stereocenters. The van der Waals surface area contributed by atoms with Crippen LogP contribution in [0.15, 0.2) is 30.5 Å². The van der Waals surface area contributed by atoms with Crippen LogP contribution < -0.4 is 9.47 Å². The Morgan fingerprint density at radius 2 is 2.12 bits per heavy atom. The Balaban J connectivity index is 1.54. The Hall–Kier alpha value is -2.57. The molecule has 1 aliphatic heterocycles. The number of likely N-dealkylation sites (tertiary alicyclic amines) is 1. The van der Waals surface area contributed by atoms with Crippen LogP contribution in [0.25, 0.3) is 0 Å². The summed E-state index contributed by atoms with van der Waals surface area (Å²) < 4.78 is 12.5. The predicted molar refractivity (Wildman–Crippen MR) is 92.3 cm³/mol. The van der Waals surface area contributed by atoms with Crippen LogP contribution in [-0.4, -0.2) is 46.0 Å². The molecule has 0 saturated carbocycles. The van der Waals surface area contributed by atoms with Crippen molar-refractivity contribution in [1.82, 2.24) is 19.9 Å². The quantitative estimate of drug-likeness (QED) is 0.803. The lowest BCUT2D eigenvalue weighted by atomic mass is 10.0. The summed E-state index contributed by atoms with van der Waals surface area (Å²) in [6.07, 6.45) is 4.01. The van der Waals surface area contributed by atoms with Crippen molar-refractivity contribution in [3.8, 4) is 11.5 Å². The van der Waals surface area contributed by atoms with E-state index >= 15 is 0 Å². The number of amides is 1. The zero-order valence-corrected chi connectivity index (χ0v) is 14.7. The monoisotopic (exact) mass is 344 g/mol. The van der Waals surface area contributed by atoms with Gasteiger partial charge in [0.15, 0.2) is 11.5 Å². The number of benzene rings is 1. The highest BCUT2D eigenvalue weighted by atomic mass is 16.5. The van der Waals surface area contributed by atoms with E-state index in [2.05, 4.69) is 17.2 Å². The zero-order valence-electron chi connectivity index (χ0n) is 14.7. The van der Waals surface area contributed by atoms with Gasteiger partial charge in [0.1, 0.15) is 18.8 Å². The van der Waals surface area contributed by atoms with E-state index in [-0.39, 0.29) is 19.1 Å². The number of rotatable bonds is 6. The van der Waals surface area contributed by atoms with Crippen molar-refractivity contribution in [3.63, 3.8) is 0 Å². The molecule has 3 rings (SSSR count). The number of methoxy groups -OCH3 is 1. The molecule has 7 heteroatoms. The topological polar surface area (TPSA) is 69.5 Å². The van der Waals surface area contributed by atoms with Gasteiger partial charge in [0.05, 0.1) is 13.3 Å². The van der Waals surface area contributed by atoms with E-state index in [9.17, 15) is 4.79 Å². The van der Waals surface area contributed by atoms with Gasteiger partial charge in [0.2, 0.25) is 5.91 Å². The van der Waals surface area contributed by atoms with Crippen LogP contribution >= 0.6 is 0 Å². The number of para-hydroxylation sites is 2. The van der Waals surface area contributed by atoms with Crippen LogP contribution in [-0.2, 0) is 17.9 Å². The summed E-state index contributed by atoms with van der Waals surface area (Å²) in [6, 6.07) is 7.44. The van der Waals surface area contributed by atoms with Crippen molar-refractivity contribution in [2.75, 3.05) is 20.2 Å². The van der Waals surface area contributed by atoms with E-state index in [4.69, 9.17) is 9.47 Å². The second kappa shape index (κ2) is 8.00. The molecule has 25 heavy (non-hydrogen) atoms. The number of piperidine rings is 1. The fraction of sp³-hybridized carbons (Fsp3) is 0.500. The summed E-state index contributed by atoms with van der Waals surface area (Å²) in [5.74, 6) is 1.98. The first-order valence-corrected chi connectivity index (χ1v) is 8.58. The van der Waals surface area contributed by atoms with Crippen molar-refractivity contribution < 1.29 is 14.3 Å². The summed E-state index contributed by atoms with van der Waals surface area (Å²) >= 11 is 0. The van der Waals surface area contributed by atoms with Crippen molar-refractivity contribution >= 4 is 5.91 Å². The van der Waals surface area contributed by atoms with Gasteiger partial charge in [-0.1, -0.05) is 24.3 Å². The maximum atomic E-state index is 12.4. The maximum absolute atomic E-state index is 12.4. The van der Waals surface area contributed by atoms with E-state index in [0.717, 1.165) is 19.5 Å². The number of carbonyl (C=O) groups is 1. The minimum absolute atomic E-state index is 0.0913. The average molecular weight is 344 g/mol. The van der Waals surface area contributed by atoms with E-state index < -0.39 is 0 Å². The molecular formula is C18H24N4O3. The molecular weight excluding hydrogens is 320 g/mol. The first-order chi connectivity index (χ1) is 12.2. The molecule has 1 fully saturated rings. The van der Waals surface area contributed by atoms with E-state index in [1.807, 2.05) is 29.2 Å². The predicted octanol–water partition coefficient (Wildman–Crippen LogP) is 2.12. The summed E-state index contributed by atoms with van der Waals surface area (Å²) in [7, 11) is 1.60. The standard InChI is InChI=1S/C18H24N4O3/c1-14-6-5-9-21(10-14)18(23)12-22-11-15(19-20-22)13-25-17-8-4-3-7-16(17)24-2/h3-4,7-8,11,14H,5-6,9-10,12-13H2,1-2H3. The summed E-state index contributed by atoms with van der Waals surface area (Å²) in [6.45, 7) is 4.34. The smallest absolute Gasteiger partial charge is 0.244 e. The van der Waals surface area contributed by atoms with Crippen molar-refractivity contribution in [2.24, 2.45) is 5.92 Å². The molecule has 1 aromatic carbocycles. The largest absolute Gasteiger partial charge is 0.493 e. The number of ether oxygens (including phenoxy) is 2. The van der Waals surface area contributed by atoms with Crippen LogP contribution in [0.1, 0.15) is 25.5 Å².